The molecule has 0 spiro atoms. The van der Waals surface area contributed by atoms with E-state index in [1.807, 2.05) is 51.1 Å². The molecule has 0 radical (unpaired) electrons. The molecular weight excluding hydrogens is 508 g/mol. The molecule has 0 unspecified atom stereocenters. The van der Waals surface area contributed by atoms with Crippen LogP contribution in [0.1, 0.15) is 49.6 Å². The fraction of sp³-hybridized carbons (Fsp3) is 0.226. The highest BCUT2D eigenvalue weighted by atomic mass is 32.2. The normalized spacial score (nSPS) is 11.6. The van der Waals surface area contributed by atoms with E-state index in [1.54, 1.807) is 30.5 Å². The average molecular weight is 543 g/mol. The molecule has 0 fully saturated rings. The first-order chi connectivity index (χ1) is 18.5. The van der Waals surface area contributed by atoms with Gasteiger partial charge in [0, 0.05) is 28.2 Å². The highest BCUT2D eigenvalue weighted by Gasteiger charge is 2.19. The zero-order valence-corrected chi connectivity index (χ0v) is 24.0. The van der Waals surface area contributed by atoms with Crippen LogP contribution in [0.2, 0.25) is 0 Å². The van der Waals surface area contributed by atoms with Crippen LogP contribution in [0, 0.1) is 34.6 Å². The summed E-state index contributed by atoms with van der Waals surface area (Å²) in [6.45, 7) is 10.4. The second-order valence-electron chi connectivity index (χ2n) is 9.87. The Morgan fingerprint density at radius 3 is 2.23 bits per heavy atom. The van der Waals surface area contributed by atoms with Crippen LogP contribution < -0.4 is 9.73 Å². The van der Waals surface area contributed by atoms with Gasteiger partial charge < -0.3 is 4.57 Å². The van der Waals surface area contributed by atoms with Crippen LogP contribution in [-0.4, -0.2) is 31.4 Å². The van der Waals surface area contributed by atoms with E-state index >= 15 is 0 Å². The minimum Gasteiger partial charge on any atom is -0.318 e. The van der Waals surface area contributed by atoms with Gasteiger partial charge in [0.1, 0.15) is 0 Å². The Kier molecular flexibility index (Phi) is 8.06. The van der Waals surface area contributed by atoms with Gasteiger partial charge in [-0.2, -0.15) is 5.10 Å². The number of hydrogen-bond acceptors (Lipinski definition) is 4. The third-order valence-corrected chi connectivity index (χ3v) is 8.12. The van der Waals surface area contributed by atoms with Crippen molar-refractivity contribution in [3.8, 4) is 5.69 Å². The van der Waals surface area contributed by atoms with E-state index in [0.29, 0.717) is 11.3 Å². The van der Waals surface area contributed by atoms with Crippen molar-refractivity contribution in [2.24, 2.45) is 5.10 Å². The number of amides is 1. The smallest absolute Gasteiger partial charge is 0.271 e. The highest BCUT2D eigenvalue weighted by Crippen LogP contribution is 2.23. The quantitative estimate of drug-likeness (QED) is 0.227. The fourth-order valence-corrected chi connectivity index (χ4v) is 5.40. The molecule has 0 bridgehead atoms. The van der Waals surface area contributed by atoms with Crippen molar-refractivity contribution >= 4 is 27.8 Å². The number of anilines is 1. The van der Waals surface area contributed by atoms with E-state index in [2.05, 4.69) is 47.1 Å². The molecule has 1 N–H and O–H groups in total. The minimum atomic E-state index is -3.53. The van der Waals surface area contributed by atoms with Crippen molar-refractivity contribution < 1.29 is 13.2 Å². The van der Waals surface area contributed by atoms with Gasteiger partial charge >= 0.3 is 0 Å². The van der Waals surface area contributed by atoms with Crippen LogP contribution in [0.5, 0.6) is 0 Å². The van der Waals surface area contributed by atoms with E-state index in [0.717, 1.165) is 33.8 Å². The summed E-state index contributed by atoms with van der Waals surface area (Å²) in [7, 11) is -3.53. The predicted octanol–water partition coefficient (Wildman–Crippen LogP) is 5.75. The van der Waals surface area contributed by atoms with E-state index in [-0.39, 0.29) is 12.5 Å². The van der Waals surface area contributed by atoms with Crippen molar-refractivity contribution in [1.82, 2.24) is 9.99 Å². The lowest BCUT2D eigenvalue weighted by Gasteiger charge is -2.23. The summed E-state index contributed by atoms with van der Waals surface area (Å²) >= 11 is 0. The van der Waals surface area contributed by atoms with Crippen LogP contribution in [-0.2, 0) is 16.6 Å². The van der Waals surface area contributed by atoms with Crippen molar-refractivity contribution in [3.63, 3.8) is 0 Å². The Bertz CT molecular complexity index is 1650. The van der Waals surface area contributed by atoms with E-state index < -0.39 is 10.0 Å². The third kappa shape index (κ3) is 6.29. The minimum absolute atomic E-state index is 0.210. The van der Waals surface area contributed by atoms with Gasteiger partial charge in [-0.15, -0.1) is 0 Å². The molecule has 0 saturated heterocycles. The first-order valence-electron chi connectivity index (χ1n) is 12.7. The summed E-state index contributed by atoms with van der Waals surface area (Å²) in [5.41, 5.74) is 11.9. The maximum absolute atomic E-state index is 12.7. The predicted molar refractivity (Wildman–Crippen MR) is 158 cm³/mol. The van der Waals surface area contributed by atoms with Crippen LogP contribution >= 0.6 is 0 Å². The Labute approximate surface area is 230 Å². The number of nitrogens with zero attached hydrogens (tertiary/aromatic N) is 3. The average Bonchev–Trinajstić information content (AvgIpc) is 3.17. The lowest BCUT2D eigenvalue weighted by molar-refractivity contribution is 0.0955. The summed E-state index contributed by atoms with van der Waals surface area (Å²) in [6, 6.07) is 22.5. The molecule has 1 amide bonds. The second kappa shape index (κ2) is 11.3. The SMILES string of the molecule is Cc1ccc(-n2c(C)cc(/C=N\NC(=O)c3ccc(N(Cc4ccccc4C)S(C)(=O)=O)cc3)c2C)cc1C. The van der Waals surface area contributed by atoms with Crippen molar-refractivity contribution in [3.05, 3.63) is 118 Å². The molecule has 0 aliphatic heterocycles. The number of aromatic nitrogens is 1. The molecule has 7 nitrogen and oxygen atoms in total. The van der Waals surface area contributed by atoms with Crippen LogP contribution in [0.3, 0.4) is 0 Å². The number of hydrazone groups is 1. The van der Waals surface area contributed by atoms with Gasteiger partial charge in [0.05, 0.1) is 24.7 Å². The Morgan fingerprint density at radius 2 is 1.59 bits per heavy atom. The van der Waals surface area contributed by atoms with E-state index in [9.17, 15) is 13.2 Å². The summed E-state index contributed by atoms with van der Waals surface area (Å²) in [4.78, 5) is 12.7. The van der Waals surface area contributed by atoms with Gasteiger partial charge in [-0.3, -0.25) is 9.10 Å². The lowest BCUT2D eigenvalue weighted by Crippen LogP contribution is -2.29. The Balaban J connectivity index is 1.48. The number of aryl methyl sites for hydroxylation is 4. The molecule has 0 aliphatic carbocycles. The maximum atomic E-state index is 12.7. The lowest BCUT2D eigenvalue weighted by atomic mass is 10.1. The first kappa shape index (κ1) is 27.9. The molecule has 202 valence electrons. The van der Waals surface area contributed by atoms with Crippen LogP contribution in [0.25, 0.3) is 5.69 Å². The van der Waals surface area contributed by atoms with Gasteiger partial charge in [0.25, 0.3) is 5.91 Å². The Hall–Kier alpha value is -4.17. The van der Waals surface area contributed by atoms with Crippen molar-refractivity contribution in [2.75, 3.05) is 10.6 Å². The zero-order valence-electron chi connectivity index (χ0n) is 23.2. The number of sulfonamides is 1. The third-order valence-electron chi connectivity index (χ3n) is 6.98. The number of carbonyl (C=O) groups is 1. The fourth-order valence-electron chi connectivity index (χ4n) is 4.53. The monoisotopic (exact) mass is 542 g/mol. The van der Waals surface area contributed by atoms with E-state index in [4.69, 9.17) is 0 Å². The van der Waals surface area contributed by atoms with Crippen molar-refractivity contribution in [2.45, 2.75) is 41.2 Å². The van der Waals surface area contributed by atoms with Crippen LogP contribution in [0.15, 0.2) is 77.9 Å². The molecule has 8 heteroatoms. The summed E-state index contributed by atoms with van der Waals surface area (Å²) in [6.07, 6.45) is 2.82. The largest absolute Gasteiger partial charge is 0.318 e. The van der Waals surface area contributed by atoms with Gasteiger partial charge in [-0.1, -0.05) is 30.3 Å². The summed E-state index contributed by atoms with van der Waals surface area (Å²) < 4.78 is 28.6. The first-order valence-corrected chi connectivity index (χ1v) is 14.5. The second-order valence-corrected chi connectivity index (χ2v) is 11.8. The molecule has 3 aromatic carbocycles. The summed E-state index contributed by atoms with van der Waals surface area (Å²) in [5.74, 6) is -0.384. The van der Waals surface area contributed by atoms with Gasteiger partial charge in [-0.05, 0) is 99.3 Å². The molecule has 4 aromatic rings. The molecule has 39 heavy (non-hydrogen) atoms. The molecule has 0 atom stereocenters. The number of benzene rings is 3. The van der Waals surface area contributed by atoms with Crippen molar-refractivity contribution in [1.29, 1.82) is 0 Å². The Morgan fingerprint density at radius 1 is 0.897 bits per heavy atom. The standard InChI is InChI=1S/C31H34N4O3S/c1-21-11-14-30(17-23(21)3)35-24(4)18-28(25(35)5)19-32-33-31(36)26-12-15-29(16-13-26)34(39(6,37)38)20-27-10-8-7-9-22(27)2/h7-19H,20H2,1-6H3,(H,33,36)/b32-19-. The van der Waals surface area contributed by atoms with Gasteiger partial charge in [-0.25, -0.2) is 13.8 Å². The maximum Gasteiger partial charge on any atom is 0.271 e. The number of nitrogens with one attached hydrogen (secondary N) is 1. The summed E-state index contributed by atoms with van der Waals surface area (Å²) in [5, 5.41) is 4.18. The molecule has 1 heterocycles. The van der Waals surface area contributed by atoms with E-state index in [1.165, 1.54) is 21.7 Å². The molecule has 1 aromatic heterocycles. The number of hydrogen-bond donors (Lipinski definition) is 1. The topological polar surface area (TPSA) is 83.8 Å². The molecule has 0 saturated carbocycles. The van der Waals surface area contributed by atoms with Crippen LogP contribution in [0.4, 0.5) is 5.69 Å². The van der Waals surface area contributed by atoms with Gasteiger partial charge in [0.2, 0.25) is 10.0 Å². The molecular formula is C31H34N4O3S. The highest BCUT2D eigenvalue weighted by molar-refractivity contribution is 7.92. The number of rotatable bonds is 8. The number of carbonyl (C=O) groups excluding carboxylic acids is 1. The van der Waals surface area contributed by atoms with Gasteiger partial charge in [0.15, 0.2) is 0 Å². The molecule has 4 rings (SSSR count). The zero-order chi connectivity index (χ0) is 28.3. The molecule has 0 aliphatic rings.